The van der Waals surface area contributed by atoms with Gasteiger partial charge in [0.25, 0.3) is 0 Å². The zero-order valence-corrected chi connectivity index (χ0v) is 14.7. The number of ether oxygens (including phenoxy) is 1. The van der Waals surface area contributed by atoms with Crippen LogP contribution < -0.4 is 0 Å². The Bertz CT molecular complexity index is 551. The van der Waals surface area contributed by atoms with Crippen LogP contribution in [-0.4, -0.2) is 41.2 Å². The first-order valence-corrected chi connectivity index (χ1v) is 9.20. The van der Waals surface area contributed by atoms with Crippen LogP contribution in [-0.2, 0) is 16.1 Å². The van der Waals surface area contributed by atoms with E-state index in [1.54, 1.807) is 0 Å². The largest absolute Gasteiger partial charge is 0.389 e. The fourth-order valence-corrected chi connectivity index (χ4v) is 4.39. The molecule has 1 aliphatic heterocycles. The number of piperidine rings is 1. The summed E-state index contributed by atoms with van der Waals surface area (Å²) in [6.45, 7) is 4.24. The fourth-order valence-electron chi connectivity index (χ4n) is 4.39. The molecule has 0 radical (unpaired) electrons. The van der Waals surface area contributed by atoms with Gasteiger partial charge in [0, 0.05) is 18.5 Å². The Balaban J connectivity index is 1.44. The lowest BCUT2D eigenvalue weighted by Gasteiger charge is -2.59. The van der Waals surface area contributed by atoms with Crippen molar-refractivity contribution in [3.63, 3.8) is 0 Å². The SMILES string of the molecule is CCCC1(O)CCC12CCN(C(=O)COCc1ccccc1)CC2. The number of nitrogens with zero attached hydrogens (tertiary/aromatic N) is 1. The van der Waals surface area contributed by atoms with Gasteiger partial charge in [-0.2, -0.15) is 0 Å². The van der Waals surface area contributed by atoms with Crippen LogP contribution >= 0.6 is 0 Å². The second-order valence-corrected chi connectivity index (χ2v) is 7.42. The number of aliphatic hydroxyl groups is 1. The third-order valence-corrected chi connectivity index (χ3v) is 6.08. The second-order valence-electron chi connectivity index (χ2n) is 7.42. The van der Waals surface area contributed by atoms with Crippen LogP contribution in [0.3, 0.4) is 0 Å². The smallest absolute Gasteiger partial charge is 0.248 e. The van der Waals surface area contributed by atoms with Crippen molar-refractivity contribution in [1.29, 1.82) is 0 Å². The average Bonchev–Trinajstić information content (AvgIpc) is 2.62. The van der Waals surface area contributed by atoms with Crippen LogP contribution in [0.15, 0.2) is 30.3 Å². The van der Waals surface area contributed by atoms with E-state index in [4.69, 9.17) is 4.74 Å². The molecule has 1 atom stereocenters. The Morgan fingerprint density at radius 3 is 2.46 bits per heavy atom. The number of carbonyl (C=O) groups is 1. The predicted molar refractivity (Wildman–Crippen MR) is 93.4 cm³/mol. The van der Waals surface area contributed by atoms with E-state index in [1.165, 1.54) is 0 Å². The Morgan fingerprint density at radius 1 is 1.17 bits per heavy atom. The van der Waals surface area contributed by atoms with Gasteiger partial charge in [-0.3, -0.25) is 4.79 Å². The molecule has 132 valence electrons. The zero-order chi connectivity index (χ0) is 17.0. The second kappa shape index (κ2) is 7.24. The molecule has 24 heavy (non-hydrogen) atoms. The Hall–Kier alpha value is -1.39. The summed E-state index contributed by atoms with van der Waals surface area (Å²) in [5.74, 6) is 0.0686. The van der Waals surface area contributed by atoms with E-state index in [0.717, 1.165) is 57.2 Å². The summed E-state index contributed by atoms with van der Waals surface area (Å²) in [6.07, 6.45) is 5.79. The van der Waals surface area contributed by atoms with Crippen molar-refractivity contribution < 1.29 is 14.6 Å². The van der Waals surface area contributed by atoms with Crippen molar-refractivity contribution in [2.24, 2.45) is 5.41 Å². The van der Waals surface area contributed by atoms with E-state index in [-0.39, 0.29) is 17.9 Å². The van der Waals surface area contributed by atoms with Crippen molar-refractivity contribution in [3.05, 3.63) is 35.9 Å². The van der Waals surface area contributed by atoms with Gasteiger partial charge in [-0.1, -0.05) is 43.7 Å². The molecular formula is C20H29NO3. The summed E-state index contributed by atoms with van der Waals surface area (Å²) in [5.41, 5.74) is 0.660. The number of carbonyl (C=O) groups excluding carboxylic acids is 1. The third-order valence-electron chi connectivity index (χ3n) is 6.08. The normalized spacial score (nSPS) is 25.5. The first kappa shape index (κ1) is 17.4. The molecule has 0 bridgehead atoms. The lowest BCUT2D eigenvalue weighted by atomic mass is 9.51. The van der Waals surface area contributed by atoms with Gasteiger partial charge >= 0.3 is 0 Å². The van der Waals surface area contributed by atoms with Gasteiger partial charge in [-0.15, -0.1) is 0 Å². The molecule has 1 aliphatic carbocycles. The molecule has 4 nitrogen and oxygen atoms in total. The van der Waals surface area contributed by atoms with Crippen molar-refractivity contribution in [2.75, 3.05) is 19.7 Å². The Labute approximate surface area is 144 Å². The van der Waals surface area contributed by atoms with Crippen molar-refractivity contribution in [1.82, 2.24) is 4.90 Å². The third kappa shape index (κ3) is 3.35. The van der Waals surface area contributed by atoms with Crippen LogP contribution in [0.25, 0.3) is 0 Å². The van der Waals surface area contributed by atoms with Crippen LogP contribution in [0.5, 0.6) is 0 Å². The lowest BCUT2D eigenvalue weighted by molar-refractivity contribution is -0.195. The quantitative estimate of drug-likeness (QED) is 0.871. The minimum atomic E-state index is -0.485. The molecule has 1 heterocycles. The lowest BCUT2D eigenvalue weighted by Crippen LogP contribution is -2.61. The van der Waals surface area contributed by atoms with Gasteiger partial charge in [-0.05, 0) is 37.7 Å². The van der Waals surface area contributed by atoms with E-state index in [2.05, 4.69) is 6.92 Å². The highest BCUT2D eigenvalue weighted by atomic mass is 16.5. The van der Waals surface area contributed by atoms with Crippen molar-refractivity contribution in [2.45, 2.75) is 57.7 Å². The number of likely N-dealkylation sites (tertiary alicyclic amines) is 1. The summed E-state index contributed by atoms with van der Waals surface area (Å²) in [6, 6.07) is 9.92. The van der Waals surface area contributed by atoms with Crippen LogP contribution in [0.1, 0.15) is 51.0 Å². The molecular weight excluding hydrogens is 302 g/mol. The molecule has 1 aromatic rings. The number of hydrogen-bond donors (Lipinski definition) is 1. The van der Waals surface area contributed by atoms with E-state index >= 15 is 0 Å². The monoisotopic (exact) mass is 331 g/mol. The fraction of sp³-hybridized carbons (Fsp3) is 0.650. The summed E-state index contributed by atoms with van der Waals surface area (Å²) < 4.78 is 5.57. The molecule has 0 aromatic heterocycles. The highest BCUT2D eigenvalue weighted by molar-refractivity contribution is 5.77. The van der Waals surface area contributed by atoms with Gasteiger partial charge in [-0.25, -0.2) is 0 Å². The molecule has 1 amide bonds. The molecule has 1 N–H and O–H groups in total. The molecule has 2 aliphatic rings. The molecule has 1 aromatic carbocycles. The highest BCUT2D eigenvalue weighted by Crippen LogP contribution is 2.58. The maximum Gasteiger partial charge on any atom is 0.248 e. The Kier molecular flexibility index (Phi) is 5.26. The summed E-state index contributed by atoms with van der Waals surface area (Å²) in [4.78, 5) is 14.2. The molecule has 1 unspecified atom stereocenters. The molecule has 1 spiro atoms. The number of hydrogen-bond acceptors (Lipinski definition) is 3. The number of benzene rings is 1. The average molecular weight is 331 g/mol. The van der Waals surface area contributed by atoms with E-state index in [1.807, 2.05) is 35.2 Å². The standard InChI is InChI=1S/C20H29NO3/c1-2-8-20(23)10-9-19(20)11-13-21(14-12-19)18(22)16-24-15-17-6-4-3-5-7-17/h3-7,23H,2,8-16H2,1H3. The highest BCUT2D eigenvalue weighted by Gasteiger charge is 2.57. The molecule has 4 heteroatoms. The van der Waals surface area contributed by atoms with Crippen LogP contribution in [0.2, 0.25) is 0 Å². The van der Waals surface area contributed by atoms with E-state index in [0.29, 0.717) is 6.61 Å². The molecule has 1 saturated heterocycles. The molecule has 1 saturated carbocycles. The summed E-state index contributed by atoms with van der Waals surface area (Å²) in [5, 5.41) is 10.8. The summed E-state index contributed by atoms with van der Waals surface area (Å²) >= 11 is 0. The van der Waals surface area contributed by atoms with Crippen LogP contribution in [0.4, 0.5) is 0 Å². The van der Waals surface area contributed by atoms with Gasteiger partial charge in [0.1, 0.15) is 6.61 Å². The van der Waals surface area contributed by atoms with Crippen molar-refractivity contribution >= 4 is 5.91 Å². The zero-order valence-electron chi connectivity index (χ0n) is 14.7. The van der Waals surface area contributed by atoms with E-state index in [9.17, 15) is 9.90 Å². The molecule has 2 fully saturated rings. The molecule has 3 rings (SSSR count). The number of rotatable bonds is 6. The van der Waals surface area contributed by atoms with Gasteiger partial charge in [0.15, 0.2) is 0 Å². The number of amides is 1. The van der Waals surface area contributed by atoms with Crippen molar-refractivity contribution in [3.8, 4) is 0 Å². The van der Waals surface area contributed by atoms with Crippen LogP contribution in [0, 0.1) is 5.41 Å². The first-order chi connectivity index (χ1) is 11.6. The maximum absolute atomic E-state index is 12.3. The first-order valence-electron chi connectivity index (χ1n) is 9.20. The minimum absolute atomic E-state index is 0.0602. The van der Waals surface area contributed by atoms with E-state index < -0.39 is 5.60 Å². The van der Waals surface area contributed by atoms with Gasteiger partial charge < -0.3 is 14.7 Å². The Morgan fingerprint density at radius 2 is 1.88 bits per heavy atom. The minimum Gasteiger partial charge on any atom is -0.389 e. The topological polar surface area (TPSA) is 49.8 Å². The predicted octanol–water partition coefficient (Wildman–Crippen LogP) is 3.14. The van der Waals surface area contributed by atoms with Gasteiger partial charge in [0.2, 0.25) is 5.91 Å². The maximum atomic E-state index is 12.3. The van der Waals surface area contributed by atoms with Gasteiger partial charge in [0.05, 0.1) is 12.2 Å². The summed E-state index contributed by atoms with van der Waals surface area (Å²) in [7, 11) is 0.